The monoisotopic (exact) mass is 689 g/mol. The van der Waals surface area contributed by atoms with Crippen LogP contribution in [0.15, 0.2) is 193 Å². The van der Waals surface area contributed by atoms with E-state index in [4.69, 9.17) is 17.3 Å². The maximum Gasteiger partial charge on any atom is 0.202 e. The molecular weight excluding hydrogens is 655 g/mol. The fourth-order valence-corrected chi connectivity index (χ4v) is 7.71. The molecule has 0 heterocycles. The first-order valence-corrected chi connectivity index (χ1v) is 18.1. The Balaban J connectivity index is 1.26. The van der Waals surface area contributed by atoms with E-state index in [1.807, 2.05) is 60.7 Å². The van der Waals surface area contributed by atoms with E-state index in [2.05, 4.69) is 132 Å². The van der Waals surface area contributed by atoms with Crippen molar-refractivity contribution in [2.45, 2.75) is 6.54 Å². The standard InChI is InChI=1S/C51H35N3/c1-53-50-46(35-18-7-3-8-19-35)29-39(30-47(50)36-20-9-4-10-21-36)45-32-49-42-26-13-11-24-40(42)44(31-48(49)43-27-14-12-25-41(43)45)37-22-15-23-38(28-37)51(52)54-33-34-16-5-2-6-17-34/h2-32H,33H2,(H2,52,54). The van der Waals surface area contributed by atoms with Crippen LogP contribution in [0.4, 0.5) is 5.69 Å². The molecule has 0 bridgehead atoms. The van der Waals surface area contributed by atoms with Crippen molar-refractivity contribution in [1.82, 2.24) is 0 Å². The van der Waals surface area contributed by atoms with Crippen LogP contribution in [0.1, 0.15) is 11.1 Å². The van der Waals surface area contributed by atoms with Crippen molar-refractivity contribution >= 4 is 43.8 Å². The van der Waals surface area contributed by atoms with Crippen LogP contribution in [0.3, 0.4) is 0 Å². The summed E-state index contributed by atoms with van der Waals surface area (Å²) in [6.07, 6.45) is 0. The minimum absolute atomic E-state index is 0.523. The number of nitrogens with zero attached hydrogens (tertiary/aromatic N) is 2. The van der Waals surface area contributed by atoms with Gasteiger partial charge in [0.25, 0.3) is 0 Å². The molecule has 0 aliphatic heterocycles. The molecular formula is C51H35N3. The molecule has 0 radical (unpaired) electrons. The molecule has 0 saturated carbocycles. The van der Waals surface area contributed by atoms with Gasteiger partial charge in [-0.3, -0.25) is 4.99 Å². The summed E-state index contributed by atoms with van der Waals surface area (Å²) in [6.45, 7) is 8.86. The first-order valence-electron chi connectivity index (χ1n) is 18.1. The molecule has 0 amide bonds. The van der Waals surface area contributed by atoms with Gasteiger partial charge in [0.1, 0.15) is 5.84 Å². The van der Waals surface area contributed by atoms with Gasteiger partial charge in [0.15, 0.2) is 0 Å². The van der Waals surface area contributed by atoms with E-state index in [0.29, 0.717) is 18.1 Å². The van der Waals surface area contributed by atoms with Gasteiger partial charge in [-0.25, -0.2) is 4.85 Å². The molecule has 0 unspecified atom stereocenters. The predicted molar refractivity (Wildman–Crippen MR) is 228 cm³/mol. The van der Waals surface area contributed by atoms with E-state index < -0.39 is 0 Å². The van der Waals surface area contributed by atoms with E-state index in [1.165, 1.54) is 26.9 Å². The molecule has 0 aliphatic rings. The highest BCUT2D eigenvalue weighted by Crippen LogP contribution is 2.46. The molecule has 0 atom stereocenters. The molecule has 9 aromatic rings. The Morgan fingerprint density at radius 3 is 1.43 bits per heavy atom. The van der Waals surface area contributed by atoms with E-state index >= 15 is 0 Å². The number of nitrogens with two attached hydrogens (primary N) is 1. The van der Waals surface area contributed by atoms with E-state index in [1.54, 1.807) is 0 Å². The molecule has 254 valence electrons. The fourth-order valence-electron chi connectivity index (χ4n) is 7.71. The average Bonchev–Trinajstić information content (AvgIpc) is 3.25. The Hall–Kier alpha value is -7.28. The lowest BCUT2D eigenvalue weighted by atomic mass is 9.85. The van der Waals surface area contributed by atoms with Crippen LogP contribution in [0, 0.1) is 6.57 Å². The second-order valence-electron chi connectivity index (χ2n) is 13.6. The number of hydrogen-bond donors (Lipinski definition) is 1. The SMILES string of the molecule is [C-]#[N+]c1c(-c2ccccc2)cc(-c2cc3c4ccccc4c(-c4cccc(C(N)=NCc5ccccc5)c4)cc3c3ccccc23)cc1-c1ccccc1. The average molecular weight is 690 g/mol. The van der Waals surface area contributed by atoms with Crippen LogP contribution >= 0.6 is 0 Å². The smallest absolute Gasteiger partial charge is 0.202 e. The van der Waals surface area contributed by atoms with Crippen LogP contribution < -0.4 is 5.73 Å². The zero-order chi connectivity index (χ0) is 36.4. The summed E-state index contributed by atoms with van der Waals surface area (Å²) in [6, 6.07) is 65.6. The summed E-state index contributed by atoms with van der Waals surface area (Å²) < 4.78 is 0. The Morgan fingerprint density at radius 1 is 0.426 bits per heavy atom. The van der Waals surface area contributed by atoms with Gasteiger partial charge < -0.3 is 5.73 Å². The van der Waals surface area contributed by atoms with Crippen LogP contribution in [0.25, 0.3) is 81.7 Å². The first kappa shape index (κ1) is 32.6. The molecule has 9 aromatic carbocycles. The van der Waals surface area contributed by atoms with E-state index in [9.17, 15) is 0 Å². The third kappa shape index (κ3) is 5.96. The van der Waals surface area contributed by atoms with Gasteiger partial charge in [0.05, 0.1) is 13.1 Å². The van der Waals surface area contributed by atoms with Crippen molar-refractivity contribution in [1.29, 1.82) is 0 Å². The third-order valence-corrected chi connectivity index (χ3v) is 10.3. The maximum atomic E-state index is 8.32. The molecule has 0 spiro atoms. The predicted octanol–water partition coefficient (Wildman–Crippen LogP) is 13.3. The van der Waals surface area contributed by atoms with Crippen molar-refractivity contribution in [3.05, 3.63) is 211 Å². The number of amidine groups is 1. The summed E-state index contributed by atoms with van der Waals surface area (Å²) in [5.74, 6) is 0.523. The molecule has 0 saturated heterocycles. The topological polar surface area (TPSA) is 42.7 Å². The molecule has 2 N–H and O–H groups in total. The van der Waals surface area contributed by atoms with Crippen molar-refractivity contribution < 1.29 is 0 Å². The highest BCUT2D eigenvalue weighted by molar-refractivity contribution is 6.24. The molecule has 3 nitrogen and oxygen atoms in total. The fraction of sp³-hybridized carbons (Fsp3) is 0.0196. The van der Waals surface area contributed by atoms with Crippen LogP contribution in [0.5, 0.6) is 0 Å². The van der Waals surface area contributed by atoms with E-state index in [0.717, 1.165) is 61.0 Å². The van der Waals surface area contributed by atoms with Gasteiger partial charge >= 0.3 is 0 Å². The lowest BCUT2D eigenvalue weighted by Crippen LogP contribution is -2.13. The summed E-state index contributed by atoms with van der Waals surface area (Å²) in [5, 5.41) is 7.04. The molecule has 0 aliphatic carbocycles. The number of hydrogen-bond acceptors (Lipinski definition) is 1. The van der Waals surface area contributed by atoms with Crippen LogP contribution in [-0.2, 0) is 6.54 Å². The van der Waals surface area contributed by atoms with Gasteiger partial charge in [-0.1, -0.05) is 170 Å². The summed E-state index contributed by atoms with van der Waals surface area (Å²) in [5.41, 5.74) is 17.6. The molecule has 54 heavy (non-hydrogen) atoms. The van der Waals surface area contributed by atoms with Crippen molar-refractivity contribution in [2.24, 2.45) is 10.7 Å². The molecule has 0 fully saturated rings. The summed E-state index contributed by atoms with van der Waals surface area (Å²) in [7, 11) is 0. The third-order valence-electron chi connectivity index (χ3n) is 10.3. The highest BCUT2D eigenvalue weighted by atomic mass is 14.8. The van der Waals surface area contributed by atoms with Gasteiger partial charge in [0.2, 0.25) is 5.69 Å². The second kappa shape index (κ2) is 14.0. The zero-order valence-corrected chi connectivity index (χ0v) is 29.6. The first-order chi connectivity index (χ1) is 26.7. The Kier molecular flexibility index (Phi) is 8.48. The van der Waals surface area contributed by atoms with Crippen molar-refractivity contribution in [2.75, 3.05) is 0 Å². The number of benzene rings is 9. The van der Waals surface area contributed by atoms with E-state index in [-0.39, 0.29) is 0 Å². The second-order valence-corrected chi connectivity index (χ2v) is 13.6. The van der Waals surface area contributed by atoms with Crippen LogP contribution in [0.2, 0.25) is 0 Å². The Morgan fingerprint density at radius 2 is 0.889 bits per heavy atom. The van der Waals surface area contributed by atoms with Gasteiger partial charge in [-0.05, 0) is 101 Å². The van der Waals surface area contributed by atoms with Crippen molar-refractivity contribution in [3.8, 4) is 44.5 Å². The number of fused-ring (bicyclic) bond motifs is 5. The normalized spacial score (nSPS) is 11.6. The number of rotatable bonds is 7. The zero-order valence-electron chi connectivity index (χ0n) is 29.6. The van der Waals surface area contributed by atoms with Crippen LogP contribution in [-0.4, -0.2) is 5.84 Å². The van der Waals surface area contributed by atoms with Crippen molar-refractivity contribution in [3.63, 3.8) is 0 Å². The quantitative estimate of drug-likeness (QED) is 0.0770. The van der Waals surface area contributed by atoms with Gasteiger partial charge in [-0.2, -0.15) is 0 Å². The lowest BCUT2D eigenvalue weighted by molar-refractivity contribution is 1.06. The Bertz CT molecular complexity index is 2840. The lowest BCUT2D eigenvalue weighted by Gasteiger charge is -2.18. The molecule has 3 heteroatoms. The minimum Gasteiger partial charge on any atom is -0.383 e. The Labute approximate surface area is 315 Å². The molecule has 0 aromatic heterocycles. The summed E-state index contributed by atoms with van der Waals surface area (Å²) in [4.78, 5) is 8.86. The molecule has 9 rings (SSSR count). The minimum atomic E-state index is 0.523. The van der Waals surface area contributed by atoms with Gasteiger partial charge in [-0.15, -0.1) is 0 Å². The highest BCUT2D eigenvalue weighted by Gasteiger charge is 2.19. The largest absolute Gasteiger partial charge is 0.383 e. The summed E-state index contributed by atoms with van der Waals surface area (Å²) >= 11 is 0. The van der Waals surface area contributed by atoms with Gasteiger partial charge in [0, 0.05) is 5.56 Å². The maximum absolute atomic E-state index is 8.32. The number of aliphatic imine (C=N–C) groups is 1.